The summed E-state index contributed by atoms with van der Waals surface area (Å²) in [5, 5.41) is 2.91. The topological polar surface area (TPSA) is 90.7 Å². The van der Waals surface area contributed by atoms with E-state index < -0.39 is 12.1 Å². The third-order valence-corrected chi connectivity index (χ3v) is 6.80. The van der Waals surface area contributed by atoms with Crippen LogP contribution in [0, 0.1) is 17.8 Å². The monoisotopic (exact) mass is 430 g/mol. The van der Waals surface area contributed by atoms with Gasteiger partial charge in [-0.05, 0) is 49.3 Å². The van der Waals surface area contributed by atoms with Gasteiger partial charge in [0.05, 0.1) is 13.7 Å². The molecule has 2 aliphatic carbocycles. The van der Waals surface area contributed by atoms with E-state index in [4.69, 9.17) is 15.2 Å². The summed E-state index contributed by atoms with van der Waals surface area (Å²) >= 11 is 0. The zero-order valence-electron chi connectivity index (χ0n) is 18.8. The van der Waals surface area contributed by atoms with Crippen LogP contribution in [0.2, 0.25) is 0 Å². The lowest BCUT2D eigenvalue weighted by atomic mass is 9.80. The number of hydrogen-bond acceptors (Lipinski definition) is 5. The Balaban J connectivity index is 1.62. The second-order valence-electron chi connectivity index (χ2n) is 9.08. The van der Waals surface area contributed by atoms with Gasteiger partial charge in [0.15, 0.2) is 5.78 Å². The summed E-state index contributed by atoms with van der Waals surface area (Å²) in [6.07, 6.45) is 10.0. The van der Waals surface area contributed by atoms with Crippen LogP contribution in [0.3, 0.4) is 0 Å². The van der Waals surface area contributed by atoms with Crippen molar-refractivity contribution in [1.29, 1.82) is 0 Å². The number of nitrogens with one attached hydrogen (secondary N) is 1. The average Bonchev–Trinajstić information content (AvgIpc) is 2.83. The minimum atomic E-state index is -0.954. The third-order valence-electron chi connectivity index (χ3n) is 6.80. The van der Waals surface area contributed by atoms with Crippen LogP contribution >= 0.6 is 0 Å². The Labute approximate surface area is 186 Å². The molecule has 2 aliphatic rings. The van der Waals surface area contributed by atoms with Crippen LogP contribution in [0.4, 0.5) is 0 Å². The van der Waals surface area contributed by atoms with E-state index in [9.17, 15) is 9.59 Å². The summed E-state index contributed by atoms with van der Waals surface area (Å²) in [7, 11) is 1.62. The van der Waals surface area contributed by atoms with Gasteiger partial charge < -0.3 is 20.5 Å². The van der Waals surface area contributed by atoms with Crippen molar-refractivity contribution < 1.29 is 19.1 Å². The first kappa shape index (κ1) is 23.7. The number of nitrogens with two attached hydrogens (primary N) is 1. The smallest absolute Gasteiger partial charge is 0.234 e. The molecule has 2 fully saturated rings. The molecule has 0 aromatic heterocycles. The maximum Gasteiger partial charge on any atom is 0.234 e. The zero-order chi connectivity index (χ0) is 22.1. The Bertz CT molecular complexity index is 694. The molecular weight excluding hydrogens is 392 g/mol. The molecule has 0 saturated heterocycles. The van der Waals surface area contributed by atoms with E-state index >= 15 is 0 Å². The SMILES string of the molecule is COc1ccc(CNC(=O)[C@@H](C(=O)C2CCCCC2)C(N)OCC2CCCCC2)cc1. The summed E-state index contributed by atoms with van der Waals surface area (Å²) in [5.41, 5.74) is 7.27. The molecule has 2 saturated carbocycles. The van der Waals surface area contributed by atoms with Crippen LogP contribution < -0.4 is 15.8 Å². The number of benzene rings is 1. The summed E-state index contributed by atoms with van der Waals surface area (Å²) < 4.78 is 11.1. The van der Waals surface area contributed by atoms with Crippen molar-refractivity contribution in [1.82, 2.24) is 5.32 Å². The highest BCUT2D eigenvalue weighted by atomic mass is 16.5. The number of carbonyl (C=O) groups excluding carboxylic acids is 2. The van der Waals surface area contributed by atoms with Crippen LogP contribution in [0.5, 0.6) is 5.75 Å². The van der Waals surface area contributed by atoms with Gasteiger partial charge in [-0.1, -0.05) is 50.7 Å². The van der Waals surface area contributed by atoms with Crippen molar-refractivity contribution in [2.45, 2.75) is 77.0 Å². The number of hydrogen-bond donors (Lipinski definition) is 2. The molecule has 1 amide bonds. The molecule has 3 rings (SSSR count). The van der Waals surface area contributed by atoms with Gasteiger partial charge in [-0.15, -0.1) is 0 Å². The minimum Gasteiger partial charge on any atom is -0.497 e. The molecule has 0 radical (unpaired) electrons. The van der Waals surface area contributed by atoms with Crippen LogP contribution in [-0.4, -0.2) is 31.6 Å². The van der Waals surface area contributed by atoms with E-state index in [1.165, 1.54) is 19.3 Å². The summed E-state index contributed by atoms with van der Waals surface area (Å²) in [6, 6.07) is 7.50. The highest BCUT2D eigenvalue weighted by Crippen LogP contribution is 2.29. The highest BCUT2D eigenvalue weighted by molar-refractivity contribution is 6.03. The van der Waals surface area contributed by atoms with Gasteiger partial charge in [-0.25, -0.2) is 0 Å². The van der Waals surface area contributed by atoms with Gasteiger partial charge in [-0.3, -0.25) is 9.59 Å². The molecular formula is C25H38N2O4. The number of ether oxygens (including phenoxy) is 2. The fourth-order valence-corrected chi connectivity index (χ4v) is 4.82. The van der Waals surface area contributed by atoms with Crippen molar-refractivity contribution in [2.75, 3.05) is 13.7 Å². The molecule has 6 nitrogen and oxygen atoms in total. The van der Waals surface area contributed by atoms with Gasteiger partial charge in [0.25, 0.3) is 0 Å². The first-order valence-electron chi connectivity index (χ1n) is 11.9. The molecule has 1 aromatic carbocycles. The average molecular weight is 431 g/mol. The normalized spacial score (nSPS) is 20.1. The molecule has 6 heteroatoms. The van der Waals surface area contributed by atoms with E-state index in [0.29, 0.717) is 19.1 Å². The number of rotatable bonds is 10. The van der Waals surface area contributed by atoms with Crippen LogP contribution in [-0.2, 0) is 20.9 Å². The molecule has 0 heterocycles. The van der Waals surface area contributed by atoms with E-state index in [-0.39, 0.29) is 17.6 Å². The van der Waals surface area contributed by atoms with Crippen molar-refractivity contribution in [2.24, 2.45) is 23.5 Å². The van der Waals surface area contributed by atoms with Crippen LogP contribution in [0.1, 0.15) is 69.8 Å². The van der Waals surface area contributed by atoms with Gasteiger partial charge in [0.2, 0.25) is 5.91 Å². The second-order valence-corrected chi connectivity index (χ2v) is 9.08. The van der Waals surface area contributed by atoms with Crippen molar-refractivity contribution in [3.05, 3.63) is 29.8 Å². The van der Waals surface area contributed by atoms with E-state index in [1.54, 1.807) is 7.11 Å². The molecule has 1 unspecified atom stereocenters. The maximum absolute atomic E-state index is 13.3. The maximum atomic E-state index is 13.3. The fraction of sp³-hybridized carbons (Fsp3) is 0.680. The molecule has 1 aromatic rings. The van der Waals surface area contributed by atoms with Gasteiger partial charge in [0, 0.05) is 12.5 Å². The van der Waals surface area contributed by atoms with Gasteiger partial charge in [0.1, 0.15) is 17.9 Å². The first-order valence-corrected chi connectivity index (χ1v) is 11.9. The molecule has 0 aliphatic heterocycles. The predicted octanol–water partition coefficient (Wildman–Crippen LogP) is 3.96. The lowest BCUT2D eigenvalue weighted by Gasteiger charge is -2.29. The summed E-state index contributed by atoms with van der Waals surface area (Å²) in [4.78, 5) is 26.4. The Kier molecular flexibility index (Phi) is 9.34. The lowest BCUT2D eigenvalue weighted by molar-refractivity contribution is -0.144. The van der Waals surface area contributed by atoms with E-state index in [1.807, 2.05) is 24.3 Å². The Morgan fingerprint density at radius 2 is 1.61 bits per heavy atom. The number of amides is 1. The number of Topliss-reactive ketones (excluding diaryl/α,β-unsaturated/α-hetero) is 1. The molecule has 3 N–H and O–H groups in total. The summed E-state index contributed by atoms with van der Waals surface area (Å²) in [6.45, 7) is 0.869. The Morgan fingerprint density at radius 1 is 1.00 bits per heavy atom. The number of ketones is 1. The zero-order valence-corrected chi connectivity index (χ0v) is 18.8. The Hall–Kier alpha value is -1.92. The largest absolute Gasteiger partial charge is 0.497 e. The van der Waals surface area contributed by atoms with Gasteiger partial charge >= 0.3 is 0 Å². The quantitative estimate of drug-likeness (QED) is 0.433. The molecule has 31 heavy (non-hydrogen) atoms. The first-order chi connectivity index (χ1) is 15.1. The molecule has 2 atom stereocenters. The predicted molar refractivity (Wildman–Crippen MR) is 120 cm³/mol. The lowest BCUT2D eigenvalue weighted by Crippen LogP contribution is -2.49. The molecule has 0 spiro atoms. The van der Waals surface area contributed by atoms with Crippen molar-refractivity contribution in [3.63, 3.8) is 0 Å². The molecule has 0 bridgehead atoms. The summed E-state index contributed by atoms with van der Waals surface area (Å²) in [5.74, 6) is -0.184. The second kappa shape index (κ2) is 12.2. The van der Waals surface area contributed by atoms with E-state index in [0.717, 1.165) is 56.3 Å². The Morgan fingerprint density at radius 3 is 2.23 bits per heavy atom. The van der Waals surface area contributed by atoms with Crippen LogP contribution in [0.25, 0.3) is 0 Å². The number of carbonyl (C=O) groups is 2. The van der Waals surface area contributed by atoms with Crippen molar-refractivity contribution >= 4 is 11.7 Å². The number of methoxy groups -OCH3 is 1. The van der Waals surface area contributed by atoms with Gasteiger partial charge in [-0.2, -0.15) is 0 Å². The minimum absolute atomic E-state index is 0.0527. The third kappa shape index (κ3) is 7.04. The highest BCUT2D eigenvalue weighted by Gasteiger charge is 2.38. The molecule has 172 valence electrons. The fourth-order valence-electron chi connectivity index (χ4n) is 4.82. The van der Waals surface area contributed by atoms with Crippen LogP contribution in [0.15, 0.2) is 24.3 Å². The van der Waals surface area contributed by atoms with Crippen molar-refractivity contribution in [3.8, 4) is 5.75 Å². The standard InChI is InChI=1S/C25H38N2O4/c1-30-21-14-12-18(13-15-21)16-27-25(29)22(23(28)20-10-6-3-7-11-20)24(26)31-17-19-8-4-2-5-9-19/h12-15,19-20,22,24H,2-11,16-17,26H2,1H3,(H,27,29)/t22-,24?/m0/s1. The van der Waals surface area contributed by atoms with E-state index in [2.05, 4.69) is 5.32 Å².